The highest BCUT2D eigenvalue weighted by Gasteiger charge is 2.50. The largest absolute Gasteiger partial charge is 0.347 e. The fourth-order valence-electron chi connectivity index (χ4n) is 3.14. The monoisotopic (exact) mass is 432 g/mol. The van der Waals surface area contributed by atoms with Crippen molar-refractivity contribution in [3.63, 3.8) is 0 Å². The van der Waals surface area contributed by atoms with Crippen LogP contribution in [0.15, 0.2) is 30.3 Å². The van der Waals surface area contributed by atoms with Gasteiger partial charge in [-0.05, 0) is 31.9 Å². The summed E-state index contributed by atoms with van der Waals surface area (Å²) in [6.45, 7) is 1.67. The minimum absolute atomic E-state index is 0.0682. The molecule has 1 aromatic carbocycles. The molecule has 0 aliphatic heterocycles. The van der Waals surface area contributed by atoms with Crippen molar-refractivity contribution in [3.05, 3.63) is 35.9 Å². The van der Waals surface area contributed by atoms with Crippen molar-refractivity contribution in [1.29, 1.82) is 0 Å². The first-order chi connectivity index (χ1) is 14.9. The minimum atomic E-state index is -0.811. The van der Waals surface area contributed by atoms with Gasteiger partial charge in [0.2, 0.25) is 17.7 Å². The number of carbonyl (C=O) groups is 4. The van der Waals surface area contributed by atoms with E-state index in [1.165, 1.54) is 0 Å². The Hall–Kier alpha value is -2.78. The van der Waals surface area contributed by atoms with E-state index in [0.717, 1.165) is 12.0 Å². The van der Waals surface area contributed by atoms with Crippen molar-refractivity contribution >= 4 is 23.5 Å². The van der Waals surface area contributed by atoms with Crippen LogP contribution in [-0.2, 0) is 30.3 Å². The van der Waals surface area contributed by atoms with Gasteiger partial charge in [-0.25, -0.2) is 0 Å². The van der Waals surface area contributed by atoms with Gasteiger partial charge in [-0.1, -0.05) is 37.3 Å². The van der Waals surface area contributed by atoms with Crippen molar-refractivity contribution in [3.8, 4) is 0 Å². The molecule has 0 spiro atoms. The van der Waals surface area contributed by atoms with Gasteiger partial charge in [0.25, 0.3) is 0 Å². The molecule has 4 N–H and O–H groups in total. The Morgan fingerprint density at radius 3 is 2.35 bits per heavy atom. The van der Waals surface area contributed by atoms with Crippen LogP contribution < -0.4 is 21.3 Å². The molecule has 1 aliphatic rings. The van der Waals surface area contributed by atoms with Gasteiger partial charge in [0.1, 0.15) is 18.4 Å². The smallest absolute Gasteiger partial charge is 0.243 e. The van der Waals surface area contributed by atoms with Crippen LogP contribution >= 0.6 is 0 Å². The molecule has 170 valence electrons. The Bertz CT molecular complexity index is 764. The quantitative estimate of drug-likeness (QED) is 0.308. The lowest BCUT2D eigenvalue weighted by Gasteiger charge is -2.19. The van der Waals surface area contributed by atoms with Crippen molar-refractivity contribution < 1.29 is 23.9 Å². The Morgan fingerprint density at radius 2 is 1.74 bits per heavy atom. The summed E-state index contributed by atoms with van der Waals surface area (Å²) in [5.74, 6) is -1.14. The average Bonchev–Trinajstić information content (AvgIpc) is 3.54. The molecule has 2 rings (SSSR count). The topological polar surface area (TPSA) is 126 Å². The summed E-state index contributed by atoms with van der Waals surface area (Å²) in [5.41, 5.74) is 0.141. The molecule has 1 atom stereocenters. The number of ketones is 1. The van der Waals surface area contributed by atoms with E-state index >= 15 is 0 Å². The third-order valence-electron chi connectivity index (χ3n) is 5.00. The van der Waals surface area contributed by atoms with E-state index in [4.69, 9.17) is 4.74 Å². The number of benzene rings is 1. The van der Waals surface area contributed by atoms with E-state index in [0.29, 0.717) is 25.7 Å². The van der Waals surface area contributed by atoms with Crippen LogP contribution in [0.1, 0.15) is 38.2 Å². The van der Waals surface area contributed by atoms with Crippen molar-refractivity contribution in [1.82, 2.24) is 21.3 Å². The van der Waals surface area contributed by atoms with Crippen molar-refractivity contribution in [2.24, 2.45) is 0 Å². The first kappa shape index (κ1) is 24.5. The zero-order valence-corrected chi connectivity index (χ0v) is 18.2. The van der Waals surface area contributed by atoms with Crippen LogP contribution in [0.5, 0.6) is 0 Å². The Balaban J connectivity index is 1.80. The second-order valence-electron chi connectivity index (χ2n) is 7.61. The van der Waals surface area contributed by atoms with Crippen LogP contribution in [0.3, 0.4) is 0 Å². The van der Waals surface area contributed by atoms with Crippen LogP contribution in [0.4, 0.5) is 0 Å². The van der Waals surface area contributed by atoms with Gasteiger partial charge < -0.3 is 26.0 Å². The number of hydrogen-bond acceptors (Lipinski definition) is 6. The Morgan fingerprint density at radius 1 is 1.03 bits per heavy atom. The van der Waals surface area contributed by atoms with Gasteiger partial charge in [-0.2, -0.15) is 0 Å². The number of nitrogens with one attached hydrogen (secondary N) is 4. The molecule has 9 nitrogen and oxygen atoms in total. The van der Waals surface area contributed by atoms with Gasteiger partial charge in [0.05, 0.1) is 13.1 Å². The molecule has 0 radical (unpaired) electrons. The number of likely N-dealkylation sites (N-methyl/N-ethyl adjacent to an activating group) is 1. The highest BCUT2D eigenvalue weighted by atomic mass is 16.5. The Labute approximate surface area is 182 Å². The molecule has 3 amide bonds. The molecule has 0 bridgehead atoms. The molecular weight excluding hydrogens is 400 g/mol. The van der Waals surface area contributed by atoms with Crippen molar-refractivity contribution in [2.45, 2.75) is 50.7 Å². The molecule has 0 saturated heterocycles. The molecule has 0 aromatic heterocycles. The number of ether oxygens (including phenoxy) is 1. The van der Waals surface area contributed by atoms with Gasteiger partial charge >= 0.3 is 0 Å². The molecule has 31 heavy (non-hydrogen) atoms. The zero-order valence-electron chi connectivity index (χ0n) is 18.2. The van der Waals surface area contributed by atoms with E-state index in [1.807, 2.05) is 37.3 Å². The van der Waals surface area contributed by atoms with Gasteiger partial charge in [0.15, 0.2) is 5.78 Å². The molecule has 1 aromatic rings. The normalized spacial score (nSPS) is 14.9. The fraction of sp³-hybridized carbons (Fsp3) is 0.545. The summed E-state index contributed by atoms with van der Waals surface area (Å²) in [7, 11) is 1.64. The molecule has 0 heterocycles. The predicted octanol–water partition coefficient (Wildman–Crippen LogP) is 0.0416. The number of hydrogen-bond donors (Lipinski definition) is 4. The van der Waals surface area contributed by atoms with Crippen molar-refractivity contribution in [2.75, 3.05) is 26.9 Å². The predicted molar refractivity (Wildman–Crippen MR) is 115 cm³/mol. The third-order valence-corrected chi connectivity index (χ3v) is 5.00. The second-order valence-corrected chi connectivity index (χ2v) is 7.61. The summed E-state index contributed by atoms with van der Waals surface area (Å²) in [6, 6.07) is 8.49. The molecule has 1 unspecified atom stereocenters. The lowest BCUT2D eigenvalue weighted by Crippen LogP contribution is -2.51. The lowest BCUT2D eigenvalue weighted by atomic mass is 10.1. The highest BCUT2D eigenvalue weighted by Crippen LogP contribution is 2.41. The van der Waals surface area contributed by atoms with Crippen LogP contribution in [-0.4, -0.2) is 62.0 Å². The van der Waals surface area contributed by atoms with E-state index in [1.54, 1.807) is 7.05 Å². The fourth-order valence-corrected chi connectivity index (χ4v) is 3.14. The maximum absolute atomic E-state index is 12.6. The number of rotatable bonds is 14. The lowest BCUT2D eigenvalue weighted by molar-refractivity contribution is -0.137. The summed E-state index contributed by atoms with van der Waals surface area (Å²) < 4.78 is 5.58. The van der Waals surface area contributed by atoms with E-state index in [9.17, 15) is 19.2 Å². The minimum Gasteiger partial charge on any atom is -0.347 e. The maximum Gasteiger partial charge on any atom is 0.243 e. The second kappa shape index (κ2) is 12.2. The third kappa shape index (κ3) is 8.10. The van der Waals surface area contributed by atoms with E-state index < -0.39 is 23.5 Å². The number of Topliss-reactive ketones (excluding diaryl/α,β-unsaturated/α-hetero) is 1. The average molecular weight is 433 g/mol. The van der Waals surface area contributed by atoms with Gasteiger partial charge in [-0.15, -0.1) is 0 Å². The van der Waals surface area contributed by atoms with E-state index in [-0.39, 0.29) is 31.5 Å². The van der Waals surface area contributed by atoms with Crippen LogP contribution in [0.2, 0.25) is 0 Å². The highest BCUT2D eigenvalue weighted by molar-refractivity contribution is 5.91. The summed E-state index contributed by atoms with van der Waals surface area (Å²) in [5, 5.41) is 10.5. The summed E-state index contributed by atoms with van der Waals surface area (Å²) in [4.78, 5) is 48.7. The van der Waals surface area contributed by atoms with Gasteiger partial charge in [-0.3, -0.25) is 19.2 Å². The van der Waals surface area contributed by atoms with Crippen LogP contribution in [0.25, 0.3) is 0 Å². The number of carbonyl (C=O) groups excluding carboxylic acids is 4. The van der Waals surface area contributed by atoms with Gasteiger partial charge in [0, 0.05) is 12.8 Å². The molecule has 9 heteroatoms. The standard InChI is InChI=1S/C22H32N4O5/c1-3-7-18(27)22(10-11-22)31-15-25-19(28)14-24-21(30)17(26-20(29)13-23-2)12-16-8-5-4-6-9-16/h4-6,8-9,17,23H,3,7,10-15H2,1-2H3,(H,24,30)(H,25,28)(H,26,29). The first-order valence-corrected chi connectivity index (χ1v) is 10.6. The summed E-state index contributed by atoms with van der Waals surface area (Å²) >= 11 is 0. The zero-order chi connectivity index (χ0) is 22.7. The maximum atomic E-state index is 12.6. The molecular formula is C22H32N4O5. The molecule has 1 aliphatic carbocycles. The van der Waals surface area contributed by atoms with Crippen LogP contribution in [0, 0.1) is 0 Å². The number of amides is 3. The summed E-state index contributed by atoms with van der Waals surface area (Å²) in [6.07, 6.45) is 2.87. The molecule has 1 saturated carbocycles. The van der Waals surface area contributed by atoms with E-state index in [2.05, 4.69) is 21.3 Å². The SMILES string of the molecule is CCCC(=O)C1(OCNC(=O)CNC(=O)C(Cc2ccccc2)NC(=O)CNC)CC1. The first-order valence-electron chi connectivity index (χ1n) is 10.6. The molecule has 1 fully saturated rings. The Kier molecular flexibility index (Phi) is 9.61.